The fourth-order valence-electron chi connectivity index (χ4n) is 0.838. The lowest BCUT2D eigenvalue weighted by molar-refractivity contribution is -0.139. The highest BCUT2D eigenvalue weighted by atomic mass is 16.5. The molecule has 0 bridgehead atoms. The molecule has 1 aliphatic carbocycles. The zero-order valence-electron chi connectivity index (χ0n) is 9.83. The van der Waals surface area contributed by atoms with Crippen molar-refractivity contribution in [2.75, 3.05) is 6.61 Å². The van der Waals surface area contributed by atoms with Crippen molar-refractivity contribution in [1.29, 1.82) is 0 Å². The molecule has 1 rings (SSSR count). The molecule has 88 valence electrons. The molecule has 0 aromatic carbocycles. The van der Waals surface area contributed by atoms with Crippen molar-refractivity contribution in [2.45, 2.75) is 33.6 Å². The maximum atomic E-state index is 11.1. The van der Waals surface area contributed by atoms with Crippen LogP contribution >= 0.6 is 0 Å². The van der Waals surface area contributed by atoms with E-state index in [1.807, 2.05) is 20.8 Å². The molecule has 0 unspecified atom stereocenters. The van der Waals surface area contributed by atoms with Crippen molar-refractivity contribution in [3.63, 3.8) is 0 Å². The van der Waals surface area contributed by atoms with Gasteiger partial charge in [-0.15, -0.1) is 0 Å². The second-order valence-electron chi connectivity index (χ2n) is 5.06. The second-order valence-corrected chi connectivity index (χ2v) is 5.06. The van der Waals surface area contributed by atoms with Crippen molar-refractivity contribution in [1.82, 2.24) is 0 Å². The van der Waals surface area contributed by atoms with Gasteiger partial charge in [-0.2, -0.15) is 0 Å². The molecular weight excluding hydrogens is 208 g/mol. The third kappa shape index (κ3) is 5.40. The van der Waals surface area contributed by atoms with Crippen LogP contribution in [0.5, 0.6) is 0 Å². The number of hydrogen-bond donors (Lipinski definition) is 0. The van der Waals surface area contributed by atoms with Gasteiger partial charge in [0.2, 0.25) is 0 Å². The molecule has 1 saturated carbocycles. The SMILES string of the molecule is CC(C)(C)COC(=O)C#COC(=O)C1CC1. The van der Waals surface area contributed by atoms with Crippen molar-refractivity contribution >= 4 is 11.9 Å². The molecule has 0 aromatic rings. The van der Waals surface area contributed by atoms with E-state index in [2.05, 4.69) is 16.8 Å². The van der Waals surface area contributed by atoms with E-state index in [-0.39, 0.29) is 23.9 Å². The van der Waals surface area contributed by atoms with E-state index in [1.165, 1.54) is 0 Å². The first kappa shape index (κ1) is 12.6. The molecule has 1 aliphatic rings. The largest absolute Gasteiger partial charge is 0.455 e. The maximum Gasteiger partial charge on any atom is 0.387 e. The van der Waals surface area contributed by atoms with Crippen LogP contribution in [-0.2, 0) is 19.1 Å². The summed E-state index contributed by atoms with van der Waals surface area (Å²) in [5, 5.41) is 0. The molecule has 0 spiro atoms. The molecule has 0 aromatic heterocycles. The van der Waals surface area contributed by atoms with E-state index in [0.717, 1.165) is 12.8 Å². The number of esters is 2. The van der Waals surface area contributed by atoms with Gasteiger partial charge in [-0.25, -0.2) is 4.79 Å². The summed E-state index contributed by atoms with van der Waals surface area (Å²) in [7, 11) is 0. The van der Waals surface area contributed by atoms with Crippen LogP contribution < -0.4 is 0 Å². The van der Waals surface area contributed by atoms with Crippen LogP contribution in [-0.4, -0.2) is 18.5 Å². The molecule has 0 aliphatic heterocycles. The minimum Gasteiger partial charge on any atom is -0.455 e. The summed E-state index contributed by atoms with van der Waals surface area (Å²) in [5.74, 6) is 1.08. The Hall–Kier alpha value is -1.50. The van der Waals surface area contributed by atoms with Crippen LogP contribution in [0.1, 0.15) is 33.6 Å². The molecule has 0 heterocycles. The van der Waals surface area contributed by atoms with Gasteiger partial charge in [-0.3, -0.25) is 4.79 Å². The minimum absolute atomic E-state index is 0.0140. The Morgan fingerprint density at radius 1 is 1.31 bits per heavy atom. The maximum absolute atomic E-state index is 11.1. The van der Waals surface area contributed by atoms with Crippen LogP contribution in [0.2, 0.25) is 0 Å². The predicted octanol–water partition coefficient (Wildman–Crippen LogP) is 1.49. The third-order valence-electron chi connectivity index (χ3n) is 1.85. The summed E-state index contributed by atoms with van der Waals surface area (Å²) in [5.41, 5.74) is -0.0952. The van der Waals surface area contributed by atoms with E-state index < -0.39 is 5.97 Å². The summed E-state index contributed by atoms with van der Waals surface area (Å²) >= 11 is 0. The Balaban J connectivity index is 2.22. The highest BCUT2D eigenvalue weighted by Gasteiger charge is 2.31. The van der Waals surface area contributed by atoms with Crippen LogP contribution in [0, 0.1) is 23.4 Å². The Morgan fingerprint density at radius 3 is 2.44 bits per heavy atom. The Kier molecular flexibility index (Phi) is 3.94. The van der Waals surface area contributed by atoms with E-state index in [9.17, 15) is 9.59 Å². The Labute approximate surface area is 95.3 Å². The third-order valence-corrected chi connectivity index (χ3v) is 1.85. The normalized spacial score (nSPS) is 14.7. The number of hydrogen-bond acceptors (Lipinski definition) is 4. The van der Waals surface area contributed by atoms with Gasteiger partial charge in [0, 0.05) is 0 Å². The number of carbonyl (C=O) groups excluding carboxylic acids is 2. The Bertz CT molecular complexity index is 336. The molecule has 0 N–H and O–H groups in total. The highest BCUT2D eigenvalue weighted by molar-refractivity contribution is 5.88. The standard InChI is InChI=1S/C12H16O4/c1-12(2,3)8-16-10(13)6-7-15-11(14)9-4-5-9/h9H,4-5,8H2,1-3H3. The molecule has 0 amide bonds. The van der Waals surface area contributed by atoms with Gasteiger partial charge in [0.1, 0.15) is 6.11 Å². The van der Waals surface area contributed by atoms with Crippen molar-refractivity contribution in [2.24, 2.45) is 11.3 Å². The average Bonchev–Trinajstić information content (AvgIpc) is 2.96. The van der Waals surface area contributed by atoms with Crippen molar-refractivity contribution in [3.8, 4) is 12.0 Å². The van der Waals surface area contributed by atoms with Crippen molar-refractivity contribution < 1.29 is 19.1 Å². The van der Waals surface area contributed by atoms with Gasteiger partial charge in [0.05, 0.1) is 18.4 Å². The fourth-order valence-corrected chi connectivity index (χ4v) is 0.838. The van der Waals surface area contributed by atoms with E-state index in [4.69, 9.17) is 4.74 Å². The van der Waals surface area contributed by atoms with Gasteiger partial charge >= 0.3 is 11.9 Å². The van der Waals surface area contributed by atoms with E-state index in [0.29, 0.717) is 0 Å². The first-order valence-electron chi connectivity index (χ1n) is 5.27. The van der Waals surface area contributed by atoms with E-state index in [1.54, 1.807) is 0 Å². The highest BCUT2D eigenvalue weighted by Crippen LogP contribution is 2.29. The van der Waals surface area contributed by atoms with Crippen LogP contribution in [0.3, 0.4) is 0 Å². The first-order chi connectivity index (χ1) is 7.38. The molecule has 4 heteroatoms. The smallest absolute Gasteiger partial charge is 0.387 e. The molecule has 0 atom stereocenters. The second kappa shape index (κ2) is 5.02. The number of ether oxygens (including phenoxy) is 2. The molecule has 4 nitrogen and oxygen atoms in total. The molecule has 0 saturated heterocycles. The van der Waals surface area contributed by atoms with Crippen LogP contribution in [0.25, 0.3) is 0 Å². The lowest BCUT2D eigenvalue weighted by Gasteiger charge is -2.16. The summed E-state index contributed by atoms with van der Waals surface area (Å²) in [6, 6.07) is 0. The van der Waals surface area contributed by atoms with Gasteiger partial charge < -0.3 is 9.47 Å². The Morgan fingerprint density at radius 2 is 1.94 bits per heavy atom. The average molecular weight is 224 g/mol. The summed E-state index contributed by atoms with van der Waals surface area (Å²) in [6.07, 6.45) is 3.78. The van der Waals surface area contributed by atoms with Gasteiger partial charge in [0.25, 0.3) is 0 Å². The summed E-state index contributed by atoms with van der Waals surface area (Å²) in [4.78, 5) is 22.1. The van der Waals surface area contributed by atoms with E-state index >= 15 is 0 Å². The van der Waals surface area contributed by atoms with Gasteiger partial charge in [0.15, 0.2) is 0 Å². The molecule has 1 fully saturated rings. The quantitative estimate of drug-likeness (QED) is 0.526. The zero-order chi connectivity index (χ0) is 12.2. The lowest BCUT2D eigenvalue weighted by atomic mass is 9.99. The fraction of sp³-hybridized carbons (Fsp3) is 0.667. The number of carbonyl (C=O) groups is 2. The topological polar surface area (TPSA) is 52.6 Å². The minimum atomic E-state index is -0.668. The van der Waals surface area contributed by atoms with Crippen LogP contribution in [0.15, 0.2) is 0 Å². The first-order valence-corrected chi connectivity index (χ1v) is 5.27. The molecule has 16 heavy (non-hydrogen) atoms. The van der Waals surface area contributed by atoms with Gasteiger partial charge in [-0.1, -0.05) is 20.8 Å². The molecular formula is C12H16O4. The monoisotopic (exact) mass is 224 g/mol. The summed E-state index contributed by atoms with van der Waals surface area (Å²) in [6.45, 7) is 6.12. The summed E-state index contributed by atoms with van der Waals surface area (Å²) < 4.78 is 9.43. The predicted molar refractivity (Wildman–Crippen MR) is 57.0 cm³/mol. The zero-order valence-corrected chi connectivity index (χ0v) is 9.83. The van der Waals surface area contributed by atoms with Gasteiger partial charge in [-0.05, 0) is 18.3 Å². The lowest BCUT2D eigenvalue weighted by Crippen LogP contribution is -2.17. The number of rotatable bonds is 2. The van der Waals surface area contributed by atoms with Crippen molar-refractivity contribution in [3.05, 3.63) is 0 Å². The van der Waals surface area contributed by atoms with Crippen LogP contribution in [0.4, 0.5) is 0 Å². The molecule has 0 radical (unpaired) electrons.